The summed E-state index contributed by atoms with van der Waals surface area (Å²) in [7, 11) is 1.60. The van der Waals surface area contributed by atoms with Gasteiger partial charge in [0.05, 0.1) is 7.11 Å². The van der Waals surface area contributed by atoms with Crippen molar-refractivity contribution >= 4 is 23.1 Å². The number of nitriles is 1. The summed E-state index contributed by atoms with van der Waals surface area (Å²) < 4.78 is 10.6. The number of hydrogen-bond donors (Lipinski definition) is 0. The fourth-order valence-electron chi connectivity index (χ4n) is 2.60. The Labute approximate surface area is 139 Å². The average molecular weight is 317 g/mol. The molecule has 3 rings (SSSR count). The molecule has 0 aliphatic rings. The van der Waals surface area contributed by atoms with Gasteiger partial charge in [0.15, 0.2) is 0 Å². The number of nitrogens with zero attached hydrogens (tertiary/aromatic N) is 1. The van der Waals surface area contributed by atoms with Crippen LogP contribution in [0.1, 0.15) is 22.3 Å². The van der Waals surface area contributed by atoms with Crippen molar-refractivity contribution < 1.29 is 9.15 Å². The zero-order valence-electron chi connectivity index (χ0n) is 13.4. The first-order valence-electron chi connectivity index (χ1n) is 7.42. The molecule has 1 aromatic heterocycles. The normalized spacial score (nSPS) is 10.9. The Morgan fingerprint density at radius 1 is 1.17 bits per heavy atom. The minimum atomic E-state index is -0.631. The summed E-state index contributed by atoms with van der Waals surface area (Å²) in [5, 5.41) is 10.1. The second-order valence-electron chi connectivity index (χ2n) is 5.36. The van der Waals surface area contributed by atoms with Crippen LogP contribution in [0.3, 0.4) is 0 Å². The molecule has 0 atom stereocenters. The van der Waals surface area contributed by atoms with Crippen LogP contribution in [-0.4, -0.2) is 7.11 Å². The maximum absolute atomic E-state index is 12.1. The molecule has 0 fully saturated rings. The number of methoxy groups -OCH3 is 1. The molecule has 0 N–H and O–H groups in total. The molecule has 0 saturated heterocycles. The Balaban J connectivity index is 2.25. The molecule has 0 amide bonds. The minimum Gasteiger partial charge on any atom is -0.496 e. The third-order valence-electron chi connectivity index (χ3n) is 3.78. The molecule has 0 unspecified atom stereocenters. The van der Waals surface area contributed by atoms with Crippen molar-refractivity contribution in [2.45, 2.75) is 6.92 Å². The van der Waals surface area contributed by atoms with Gasteiger partial charge in [-0.2, -0.15) is 5.26 Å². The van der Waals surface area contributed by atoms with Crippen molar-refractivity contribution in [3.8, 4) is 11.8 Å². The number of para-hydroxylation sites is 1. The third kappa shape index (κ3) is 2.80. The molecule has 24 heavy (non-hydrogen) atoms. The Kier molecular flexibility index (Phi) is 4.17. The van der Waals surface area contributed by atoms with Gasteiger partial charge < -0.3 is 9.15 Å². The summed E-state index contributed by atoms with van der Waals surface area (Å²) in [4.78, 5) is 12.1. The second kappa shape index (κ2) is 6.43. The predicted molar refractivity (Wildman–Crippen MR) is 93.9 cm³/mol. The van der Waals surface area contributed by atoms with E-state index in [1.165, 1.54) is 0 Å². The van der Waals surface area contributed by atoms with Crippen LogP contribution in [0.25, 0.3) is 23.1 Å². The smallest absolute Gasteiger partial charge is 0.354 e. The van der Waals surface area contributed by atoms with E-state index in [4.69, 9.17) is 9.15 Å². The lowest BCUT2D eigenvalue weighted by molar-refractivity contribution is 0.414. The molecule has 1 heterocycles. The molecule has 3 aromatic rings. The maximum Gasteiger partial charge on any atom is 0.354 e. The van der Waals surface area contributed by atoms with E-state index in [9.17, 15) is 10.1 Å². The van der Waals surface area contributed by atoms with Crippen LogP contribution >= 0.6 is 0 Å². The molecule has 118 valence electrons. The fraction of sp³-hybridized carbons (Fsp3) is 0.100. The Bertz CT molecular complexity index is 1040. The molecule has 4 heteroatoms. The highest BCUT2D eigenvalue weighted by Crippen LogP contribution is 2.25. The van der Waals surface area contributed by atoms with Gasteiger partial charge in [-0.15, -0.1) is 0 Å². The summed E-state index contributed by atoms with van der Waals surface area (Å²) in [5.41, 5.74) is 2.26. The summed E-state index contributed by atoms with van der Waals surface area (Å²) in [6.45, 7) is 1.95. The zero-order valence-corrected chi connectivity index (χ0v) is 13.4. The van der Waals surface area contributed by atoms with Crippen molar-refractivity contribution in [3.63, 3.8) is 0 Å². The highest BCUT2D eigenvalue weighted by Gasteiger charge is 2.12. The van der Waals surface area contributed by atoms with E-state index in [-0.39, 0.29) is 5.56 Å². The highest BCUT2D eigenvalue weighted by molar-refractivity contribution is 5.92. The Hall–Kier alpha value is -3.32. The lowest BCUT2D eigenvalue weighted by Crippen LogP contribution is -2.06. The largest absolute Gasteiger partial charge is 0.496 e. The number of rotatable bonds is 3. The van der Waals surface area contributed by atoms with Crippen LogP contribution in [0.5, 0.6) is 5.75 Å². The highest BCUT2D eigenvalue weighted by atomic mass is 16.5. The maximum atomic E-state index is 12.1. The quantitative estimate of drug-likeness (QED) is 0.681. The van der Waals surface area contributed by atoms with Gasteiger partial charge >= 0.3 is 5.63 Å². The van der Waals surface area contributed by atoms with E-state index in [0.717, 1.165) is 22.3 Å². The standard InChI is InChI=1S/C20H15NO3/c1-13-7-10-19-16(11-13)15(17(12-21)20(22)24-19)9-8-14-5-3-4-6-18(14)23-2/h3-11H,1-2H3/b9-8+. The molecule has 4 nitrogen and oxygen atoms in total. The van der Waals surface area contributed by atoms with Gasteiger partial charge in [-0.1, -0.05) is 42.0 Å². The van der Waals surface area contributed by atoms with Crippen molar-refractivity contribution in [3.05, 3.63) is 75.1 Å². The zero-order chi connectivity index (χ0) is 17.1. The molecule has 0 aliphatic carbocycles. The van der Waals surface area contributed by atoms with E-state index in [0.29, 0.717) is 11.1 Å². The average Bonchev–Trinajstić information content (AvgIpc) is 2.60. The van der Waals surface area contributed by atoms with Gasteiger partial charge in [0.2, 0.25) is 0 Å². The van der Waals surface area contributed by atoms with Crippen molar-refractivity contribution in [2.24, 2.45) is 0 Å². The van der Waals surface area contributed by atoms with Crippen LogP contribution < -0.4 is 10.4 Å². The Morgan fingerprint density at radius 3 is 2.71 bits per heavy atom. The summed E-state index contributed by atoms with van der Waals surface area (Å²) in [6, 6.07) is 15.0. The van der Waals surface area contributed by atoms with Crippen molar-refractivity contribution in [1.29, 1.82) is 5.26 Å². The number of aryl methyl sites for hydroxylation is 1. The summed E-state index contributed by atoms with van der Waals surface area (Å²) in [5.74, 6) is 0.718. The molecule has 0 saturated carbocycles. The van der Waals surface area contributed by atoms with Crippen LogP contribution in [0.2, 0.25) is 0 Å². The van der Waals surface area contributed by atoms with E-state index in [1.54, 1.807) is 19.3 Å². The molecule has 2 aromatic carbocycles. The molecule has 0 aliphatic heterocycles. The van der Waals surface area contributed by atoms with Gasteiger partial charge in [0.25, 0.3) is 0 Å². The first-order valence-corrected chi connectivity index (χ1v) is 7.42. The number of fused-ring (bicyclic) bond motifs is 1. The van der Waals surface area contributed by atoms with E-state index in [1.807, 2.05) is 55.5 Å². The fourth-order valence-corrected chi connectivity index (χ4v) is 2.60. The molecule has 0 spiro atoms. The molecular weight excluding hydrogens is 302 g/mol. The SMILES string of the molecule is COc1ccccc1/C=C/c1c(C#N)c(=O)oc2ccc(C)cc12. The van der Waals surface area contributed by atoms with Gasteiger partial charge in [-0.25, -0.2) is 4.79 Å². The lowest BCUT2D eigenvalue weighted by Gasteiger charge is -2.06. The first-order chi connectivity index (χ1) is 11.6. The summed E-state index contributed by atoms with van der Waals surface area (Å²) >= 11 is 0. The predicted octanol–water partition coefficient (Wildman–Crippen LogP) is 4.15. The molecule has 0 radical (unpaired) electrons. The molecule has 0 bridgehead atoms. The van der Waals surface area contributed by atoms with Crippen LogP contribution in [0.4, 0.5) is 0 Å². The lowest BCUT2D eigenvalue weighted by atomic mass is 10.0. The van der Waals surface area contributed by atoms with Gasteiger partial charge in [-0.05, 0) is 25.1 Å². The number of hydrogen-bond acceptors (Lipinski definition) is 4. The first kappa shape index (κ1) is 15.6. The van der Waals surface area contributed by atoms with E-state index >= 15 is 0 Å². The van der Waals surface area contributed by atoms with E-state index < -0.39 is 5.63 Å². The van der Waals surface area contributed by atoms with Crippen molar-refractivity contribution in [1.82, 2.24) is 0 Å². The second-order valence-corrected chi connectivity index (χ2v) is 5.36. The van der Waals surface area contributed by atoms with E-state index in [2.05, 4.69) is 0 Å². The monoisotopic (exact) mass is 317 g/mol. The van der Waals surface area contributed by atoms with Crippen LogP contribution in [0, 0.1) is 18.3 Å². The minimum absolute atomic E-state index is 0.000696. The van der Waals surface area contributed by atoms with Crippen LogP contribution in [0.15, 0.2) is 51.7 Å². The molecular formula is C20H15NO3. The van der Waals surface area contributed by atoms with Crippen molar-refractivity contribution in [2.75, 3.05) is 7.11 Å². The number of ether oxygens (including phenoxy) is 1. The van der Waals surface area contributed by atoms with Crippen LogP contribution in [-0.2, 0) is 0 Å². The Morgan fingerprint density at radius 2 is 1.96 bits per heavy atom. The topological polar surface area (TPSA) is 63.2 Å². The van der Waals surface area contributed by atoms with Gasteiger partial charge in [-0.3, -0.25) is 0 Å². The van der Waals surface area contributed by atoms with Gasteiger partial charge in [0, 0.05) is 16.5 Å². The van der Waals surface area contributed by atoms with Gasteiger partial charge in [0.1, 0.15) is 23.0 Å². The third-order valence-corrected chi connectivity index (χ3v) is 3.78. The summed E-state index contributed by atoms with van der Waals surface area (Å²) in [6.07, 6.45) is 3.59. The number of benzene rings is 2.